The van der Waals surface area contributed by atoms with Gasteiger partial charge < -0.3 is 19.9 Å². The van der Waals surface area contributed by atoms with Crippen LogP contribution in [0.4, 0.5) is 4.79 Å². The second-order valence-corrected chi connectivity index (χ2v) is 11.0. The van der Waals surface area contributed by atoms with Crippen molar-refractivity contribution in [2.24, 2.45) is 0 Å². The fraction of sp³-hybridized carbons (Fsp3) is 0.480. The Morgan fingerprint density at radius 3 is 2.26 bits per heavy atom. The van der Waals surface area contributed by atoms with Crippen LogP contribution in [0.25, 0.3) is 0 Å². The van der Waals surface area contributed by atoms with Gasteiger partial charge in [-0.25, -0.2) is 17.9 Å². The molecule has 3 N–H and O–H groups in total. The van der Waals surface area contributed by atoms with Crippen molar-refractivity contribution in [1.29, 1.82) is 0 Å². The van der Waals surface area contributed by atoms with Crippen LogP contribution in [0.15, 0.2) is 41.3 Å². The predicted molar refractivity (Wildman–Crippen MR) is 132 cm³/mol. The molecule has 0 aliphatic carbocycles. The molecule has 2 atom stereocenters. The van der Waals surface area contributed by atoms with Crippen LogP contribution in [0, 0.1) is 20.8 Å². The molecular formula is C25H36N2O6S. The first kappa shape index (κ1) is 27.6. The third-order valence-corrected chi connectivity index (χ3v) is 7.13. The first-order valence-corrected chi connectivity index (χ1v) is 12.6. The largest absolute Gasteiger partial charge is 0.496 e. The average molecular weight is 493 g/mol. The number of benzene rings is 2. The molecule has 188 valence electrons. The standard InChI is InChI=1S/C25H36N2O6S/c1-16-13-22(32-7)17(2)18(3)23(16)34(30,31)26-15-21(28)20(14-19-11-9-8-10-12-19)27-24(29)33-25(4,5)6/h8-13,20-21,26,28H,14-15H2,1-7H3,(H,27,29)/t20-,21+/m0/s1. The van der Waals surface area contributed by atoms with Gasteiger partial charge in [0.05, 0.1) is 24.2 Å². The van der Waals surface area contributed by atoms with Crippen molar-refractivity contribution < 1.29 is 27.8 Å². The fourth-order valence-electron chi connectivity index (χ4n) is 3.67. The number of aliphatic hydroxyl groups is 1. The molecular weight excluding hydrogens is 456 g/mol. The van der Waals surface area contributed by atoms with Gasteiger partial charge in [0.15, 0.2) is 0 Å². The van der Waals surface area contributed by atoms with E-state index >= 15 is 0 Å². The Balaban J connectivity index is 2.23. The van der Waals surface area contributed by atoms with E-state index in [-0.39, 0.29) is 11.4 Å². The third-order valence-electron chi connectivity index (χ3n) is 5.41. The lowest BCUT2D eigenvalue weighted by Gasteiger charge is -2.27. The SMILES string of the molecule is COc1cc(C)c(S(=O)(=O)NC[C@@H](O)[C@H](Cc2ccccc2)NC(=O)OC(C)(C)C)c(C)c1C. The summed E-state index contributed by atoms with van der Waals surface area (Å²) >= 11 is 0. The molecule has 0 saturated carbocycles. The molecule has 2 rings (SSSR count). The Hall–Kier alpha value is -2.62. The maximum atomic E-state index is 13.1. The minimum Gasteiger partial charge on any atom is -0.496 e. The first-order valence-electron chi connectivity index (χ1n) is 11.1. The van der Waals surface area contributed by atoms with Gasteiger partial charge in [0.2, 0.25) is 10.0 Å². The summed E-state index contributed by atoms with van der Waals surface area (Å²) in [6.45, 7) is 10.1. The number of alkyl carbamates (subject to hydrolysis) is 1. The van der Waals surface area contributed by atoms with Crippen molar-refractivity contribution in [3.05, 3.63) is 58.7 Å². The molecule has 0 heterocycles. The molecule has 1 amide bonds. The Bertz CT molecular complexity index is 1090. The highest BCUT2D eigenvalue weighted by molar-refractivity contribution is 7.89. The zero-order valence-corrected chi connectivity index (χ0v) is 21.7. The number of amides is 1. The molecule has 0 aliphatic heterocycles. The van der Waals surface area contributed by atoms with Crippen LogP contribution in [-0.4, -0.2) is 51.0 Å². The normalized spacial score (nSPS) is 13.8. The fourth-order valence-corrected chi connectivity index (χ4v) is 5.24. The van der Waals surface area contributed by atoms with Crippen molar-refractivity contribution in [3.8, 4) is 5.75 Å². The molecule has 0 unspecified atom stereocenters. The second-order valence-electron chi connectivity index (χ2n) is 9.34. The van der Waals surface area contributed by atoms with Gasteiger partial charge in [-0.3, -0.25) is 0 Å². The van der Waals surface area contributed by atoms with Crippen LogP contribution in [0.3, 0.4) is 0 Å². The first-order chi connectivity index (χ1) is 15.7. The number of hydrogen-bond acceptors (Lipinski definition) is 6. The number of ether oxygens (including phenoxy) is 2. The van der Waals surface area contributed by atoms with Gasteiger partial charge in [0.1, 0.15) is 11.4 Å². The molecule has 9 heteroatoms. The molecule has 0 fully saturated rings. The number of hydrogen-bond donors (Lipinski definition) is 3. The number of carbonyl (C=O) groups excluding carboxylic acids is 1. The Kier molecular flexibility index (Phi) is 9.10. The van der Waals surface area contributed by atoms with Crippen molar-refractivity contribution in [2.45, 2.75) is 70.6 Å². The quantitative estimate of drug-likeness (QED) is 0.494. The minimum atomic E-state index is -3.94. The molecule has 0 aliphatic rings. The van der Waals surface area contributed by atoms with Gasteiger partial charge in [0, 0.05) is 6.54 Å². The summed E-state index contributed by atoms with van der Waals surface area (Å²) < 4.78 is 39.4. The van der Waals surface area contributed by atoms with Crippen molar-refractivity contribution in [3.63, 3.8) is 0 Å². The minimum absolute atomic E-state index is 0.151. The van der Waals surface area contributed by atoms with Crippen LogP contribution in [0.5, 0.6) is 5.75 Å². The summed E-state index contributed by atoms with van der Waals surface area (Å²) in [6, 6.07) is 10.2. The molecule has 8 nitrogen and oxygen atoms in total. The molecule has 34 heavy (non-hydrogen) atoms. The van der Waals surface area contributed by atoms with Crippen LogP contribution >= 0.6 is 0 Å². The Morgan fingerprint density at radius 2 is 1.71 bits per heavy atom. The maximum Gasteiger partial charge on any atom is 0.407 e. The lowest BCUT2D eigenvalue weighted by molar-refractivity contribution is 0.0427. The molecule has 0 bridgehead atoms. The van der Waals surface area contributed by atoms with Gasteiger partial charge in [0.25, 0.3) is 0 Å². The molecule has 2 aromatic carbocycles. The highest BCUT2D eigenvalue weighted by atomic mass is 32.2. The van der Waals surface area contributed by atoms with E-state index < -0.39 is 33.9 Å². The van der Waals surface area contributed by atoms with E-state index in [1.807, 2.05) is 30.3 Å². The van der Waals surface area contributed by atoms with Gasteiger partial charge >= 0.3 is 6.09 Å². The van der Waals surface area contributed by atoms with E-state index in [4.69, 9.17) is 9.47 Å². The summed E-state index contributed by atoms with van der Waals surface area (Å²) in [6.07, 6.45) is -1.60. The number of rotatable bonds is 9. The van der Waals surface area contributed by atoms with Gasteiger partial charge in [-0.2, -0.15) is 0 Å². The lowest BCUT2D eigenvalue weighted by atomic mass is 10.0. The summed E-state index contributed by atoms with van der Waals surface area (Å²) in [5.74, 6) is 0.610. The monoisotopic (exact) mass is 492 g/mol. The lowest BCUT2D eigenvalue weighted by Crippen LogP contribution is -2.50. The summed E-state index contributed by atoms with van der Waals surface area (Å²) in [7, 11) is -2.40. The third kappa shape index (κ3) is 7.44. The van der Waals surface area contributed by atoms with E-state index in [2.05, 4.69) is 10.0 Å². The molecule has 2 aromatic rings. The summed E-state index contributed by atoms with van der Waals surface area (Å²) in [5.41, 5.74) is 2.00. The highest BCUT2D eigenvalue weighted by Gasteiger charge is 2.28. The predicted octanol–water partition coefficient (Wildman–Crippen LogP) is 3.40. The highest BCUT2D eigenvalue weighted by Crippen LogP contribution is 2.30. The maximum absolute atomic E-state index is 13.1. The molecule has 0 saturated heterocycles. The number of aryl methyl sites for hydroxylation is 1. The van der Waals surface area contributed by atoms with E-state index in [1.165, 1.54) is 7.11 Å². The zero-order chi connectivity index (χ0) is 25.7. The van der Waals surface area contributed by atoms with Crippen molar-refractivity contribution in [2.75, 3.05) is 13.7 Å². The summed E-state index contributed by atoms with van der Waals surface area (Å²) in [4.78, 5) is 12.5. The smallest absolute Gasteiger partial charge is 0.407 e. The van der Waals surface area contributed by atoms with Crippen molar-refractivity contribution >= 4 is 16.1 Å². The summed E-state index contributed by atoms with van der Waals surface area (Å²) in [5, 5.41) is 13.6. The van der Waals surface area contributed by atoms with Crippen molar-refractivity contribution in [1.82, 2.24) is 10.0 Å². The van der Waals surface area contributed by atoms with Gasteiger partial charge in [-0.1, -0.05) is 30.3 Å². The van der Waals surface area contributed by atoms with Gasteiger partial charge in [-0.05, 0) is 76.3 Å². The number of nitrogens with one attached hydrogen (secondary N) is 2. The second kappa shape index (κ2) is 11.2. The van der Waals surface area contributed by atoms with Crippen LogP contribution in [-0.2, 0) is 21.2 Å². The number of methoxy groups -OCH3 is 1. The van der Waals surface area contributed by atoms with E-state index in [1.54, 1.807) is 47.6 Å². The van der Waals surface area contributed by atoms with Crippen LogP contribution < -0.4 is 14.8 Å². The number of aliphatic hydroxyl groups excluding tert-OH is 1. The van der Waals surface area contributed by atoms with Crippen LogP contribution in [0.1, 0.15) is 43.0 Å². The van der Waals surface area contributed by atoms with E-state index in [0.717, 1.165) is 11.1 Å². The number of carbonyl (C=O) groups is 1. The van der Waals surface area contributed by atoms with E-state index in [9.17, 15) is 18.3 Å². The molecule has 0 spiro atoms. The Morgan fingerprint density at radius 1 is 1.09 bits per heavy atom. The topological polar surface area (TPSA) is 114 Å². The zero-order valence-electron chi connectivity index (χ0n) is 20.9. The van der Waals surface area contributed by atoms with E-state index in [0.29, 0.717) is 23.3 Å². The average Bonchev–Trinajstić information content (AvgIpc) is 2.73. The van der Waals surface area contributed by atoms with Crippen LogP contribution in [0.2, 0.25) is 0 Å². The van der Waals surface area contributed by atoms with Gasteiger partial charge in [-0.15, -0.1) is 0 Å². The molecule has 0 radical (unpaired) electrons. The Labute approximate surface area is 202 Å². The number of sulfonamides is 1. The molecule has 0 aromatic heterocycles.